The Balaban J connectivity index is 2.03. The molecule has 0 spiro atoms. The van der Waals surface area contributed by atoms with Crippen LogP contribution in [0.3, 0.4) is 0 Å². The largest absolute Gasteiger partial charge is 0.497 e. The van der Waals surface area contributed by atoms with Crippen molar-refractivity contribution in [2.75, 3.05) is 20.3 Å². The molecular weight excluding hydrogens is 332 g/mol. The average molecular weight is 362 g/mol. The van der Waals surface area contributed by atoms with Crippen LogP contribution in [0.25, 0.3) is 0 Å². The molecule has 1 fully saturated rings. The molecule has 6 heteroatoms. The fraction of sp³-hybridized carbons (Fsp3) is 0.600. The van der Waals surface area contributed by atoms with Gasteiger partial charge in [-0.05, 0) is 37.5 Å². The van der Waals surface area contributed by atoms with Crippen LogP contribution in [0.5, 0.6) is 5.75 Å². The summed E-state index contributed by atoms with van der Waals surface area (Å²) in [5.41, 5.74) is 0.957. The van der Waals surface area contributed by atoms with E-state index in [1.165, 1.54) is 0 Å². The first-order valence-electron chi connectivity index (χ1n) is 9.25. The summed E-state index contributed by atoms with van der Waals surface area (Å²) in [6.07, 6.45) is 2.09. The molecule has 0 aromatic heterocycles. The zero-order chi connectivity index (χ0) is 19.1. The predicted octanol–water partition coefficient (Wildman–Crippen LogP) is 2.36. The average Bonchev–Trinajstić information content (AvgIpc) is 3.17. The second kappa shape index (κ2) is 9.57. The summed E-state index contributed by atoms with van der Waals surface area (Å²) >= 11 is 0. The highest BCUT2D eigenvalue weighted by Gasteiger charge is 2.28. The third-order valence-electron chi connectivity index (χ3n) is 4.66. The number of amides is 2. The van der Waals surface area contributed by atoms with Crippen molar-refractivity contribution < 1.29 is 19.1 Å². The summed E-state index contributed by atoms with van der Waals surface area (Å²) in [6.45, 7) is 7.10. The lowest BCUT2D eigenvalue weighted by Crippen LogP contribution is -2.50. The Hall–Kier alpha value is -2.08. The smallest absolute Gasteiger partial charge is 0.242 e. The normalized spacial score (nSPS) is 17.8. The van der Waals surface area contributed by atoms with Crippen LogP contribution < -0.4 is 10.1 Å². The number of rotatable bonds is 8. The molecule has 1 aromatic rings. The van der Waals surface area contributed by atoms with Crippen molar-refractivity contribution in [2.24, 2.45) is 5.92 Å². The summed E-state index contributed by atoms with van der Waals surface area (Å²) in [6, 6.07) is 6.99. The zero-order valence-electron chi connectivity index (χ0n) is 16.2. The molecule has 26 heavy (non-hydrogen) atoms. The fourth-order valence-corrected chi connectivity index (χ4v) is 2.97. The molecule has 1 heterocycles. The van der Waals surface area contributed by atoms with E-state index in [2.05, 4.69) is 5.32 Å². The van der Waals surface area contributed by atoms with Crippen LogP contribution in [0.2, 0.25) is 0 Å². The second-order valence-electron chi connectivity index (χ2n) is 7.03. The number of carbonyl (C=O) groups is 2. The molecule has 144 valence electrons. The van der Waals surface area contributed by atoms with Crippen LogP contribution in [0.1, 0.15) is 39.2 Å². The van der Waals surface area contributed by atoms with Gasteiger partial charge in [0.1, 0.15) is 11.8 Å². The molecule has 2 rings (SSSR count). The summed E-state index contributed by atoms with van der Waals surface area (Å²) < 4.78 is 10.7. The molecule has 1 aromatic carbocycles. The highest BCUT2D eigenvalue weighted by molar-refractivity contribution is 5.88. The summed E-state index contributed by atoms with van der Waals surface area (Å²) in [5, 5.41) is 2.92. The lowest BCUT2D eigenvalue weighted by Gasteiger charge is -2.30. The second-order valence-corrected chi connectivity index (χ2v) is 7.03. The van der Waals surface area contributed by atoms with Crippen LogP contribution in [0.15, 0.2) is 24.3 Å². The Morgan fingerprint density at radius 2 is 1.96 bits per heavy atom. The lowest BCUT2D eigenvalue weighted by atomic mass is 10.1. The molecule has 0 bridgehead atoms. The van der Waals surface area contributed by atoms with Gasteiger partial charge in [-0.15, -0.1) is 0 Å². The first-order chi connectivity index (χ1) is 12.4. The van der Waals surface area contributed by atoms with Crippen molar-refractivity contribution in [3.8, 4) is 5.75 Å². The molecule has 0 saturated carbocycles. The number of ether oxygens (including phenoxy) is 2. The van der Waals surface area contributed by atoms with Gasteiger partial charge in [-0.25, -0.2) is 0 Å². The van der Waals surface area contributed by atoms with Crippen molar-refractivity contribution in [3.05, 3.63) is 29.8 Å². The van der Waals surface area contributed by atoms with E-state index >= 15 is 0 Å². The monoisotopic (exact) mass is 362 g/mol. The number of benzene rings is 1. The minimum atomic E-state index is -0.548. The molecule has 1 aliphatic heterocycles. The molecule has 1 aliphatic rings. The molecule has 6 nitrogen and oxygen atoms in total. The quantitative estimate of drug-likeness (QED) is 0.771. The van der Waals surface area contributed by atoms with Crippen LogP contribution in [0.4, 0.5) is 0 Å². The Bertz CT molecular complexity index is 594. The van der Waals surface area contributed by atoms with Gasteiger partial charge in [0, 0.05) is 25.6 Å². The van der Waals surface area contributed by atoms with Crippen molar-refractivity contribution in [1.29, 1.82) is 0 Å². The molecular formula is C20H30N2O4. The van der Waals surface area contributed by atoms with E-state index in [0.29, 0.717) is 13.1 Å². The third-order valence-corrected chi connectivity index (χ3v) is 4.66. The van der Waals surface area contributed by atoms with E-state index in [1.54, 1.807) is 18.9 Å². The number of nitrogens with one attached hydrogen (secondary N) is 1. The summed E-state index contributed by atoms with van der Waals surface area (Å²) in [5.74, 6) is 0.392. The maximum absolute atomic E-state index is 12.7. The Kier molecular flexibility index (Phi) is 7.45. The first kappa shape index (κ1) is 20.2. The van der Waals surface area contributed by atoms with Crippen molar-refractivity contribution >= 4 is 11.8 Å². The van der Waals surface area contributed by atoms with Crippen LogP contribution in [-0.4, -0.2) is 49.1 Å². The molecule has 1 N–H and O–H groups in total. The van der Waals surface area contributed by atoms with Gasteiger partial charge in [0.15, 0.2) is 0 Å². The molecule has 0 unspecified atom stereocenters. The maximum atomic E-state index is 12.7. The number of methoxy groups -OCH3 is 1. The number of hydrogen-bond acceptors (Lipinski definition) is 4. The lowest BCUT2D eigenvalue weighted by molar-refractivity contribution is -0.143. The zero-order valence-corrected chi connectivity index (χ0v) is 16.2. The minimum absolute atomic E-state index is 0.0411. The fourth-order valence-electron chi connectivity index (χ4n) is 2.97. The van der Waals surface area contributed by atoms with Crippen LogP contribution >= 0.6 is 0 Å². The maximum Gasteiger partial charge on any atom is 0.242 e. The predicted molar refractivity (Wildman–Crippen MR) is 99.8 cm³/mol. The standard InChI is InChI=1S/C20H30N2O4/c1-14(2)20(24)22(13-16-7-9-17(25-4)10-8-16)15(3)19(23)21-12-18-6-5-11-26-18/h7-10,14-15,18H,5-6,11-13H2,1-4H3,(H,21,23)/t15-,18+/m1/s1. The summed E-state index contributed by atoms with van der Waals surface area (Å²) in [4.78, 5) is 26.9. The van der Waals surface area contributed by atoms with Crippen LogP contribution in [-0.2, 0) is 20.9 Å². The van der Waals surface area contributed by atoms with E-state index in [9.17, 15) is 9.59 Å². The van der Waals surface area contributed by atoms with Gasteiger partial charge in [0.2, 0.25) is 11.8 Å². The van der Waals surface area contributed by atoms with E-state index in [-0.39, 0.29) is 23.8 Å². The Morgan fingerprint density at radius 1 is 1.27 bits per heavy atom. The van der Waals surface area contributed by atoms with Crippen molar-refractivity contribution in [1.82, 2.24) is 10.2 Å². The number of nitrogens with zero attached hydrogens (tertiary/aromatic N) is 1. The molecule has 1 saturated heterocycles. The van der Waals surface area contributed by atoms with Gasteiger partial charge in [-0.3, -0.25) is 9.59 Å². The van der Waals surface area contributed by atoms with Crippen LogP contribution in [0, 0.1) is 5.92 Å². The molecule has 2 atom stereocenters. The Morgan fingerprint density at radius 3 is 2.50 bits per heavy atom. The molecule has 0 aliphatic carbocycles. The highest BCUT2D eigenvalue weighted by atomic mass is 16.5. The van der Waals surface area contributed by atoms with Gasteiger partial charge < -0.3 is 19.7 Å². The number of hydrogen-bond donors (Lipinski definition) is 1. The Labute approximate surface area is 155 Å². The molecule has 0 radical (unpaired) electrons. The third kappa shape index (κ3) is 5.46. The minimum Gasteiger partial charge on any atom is -0.497 e. The van der Waals surface area contributed by atoms with Gasteiger partial charge in [-0.2, -0.15) is 0 Å². The van der Waals surface area contributed by atoms with Crippen molar-refractivity contribution in [2.45, 2.75) is 52.3 Å². The van der Waals surface area contributed by atoms with E-state index in [1.807, 2.05) is 38.1 Å². The van der Waals surface area contributed by atoms with E-state index in [4.69, 9.17) is 9.47 Å². The molecule has 2 amide bonds. The van der Waals surface area contributed by atoms with Gasteiger partial charge in [-0.1, -0.05) is 26.0 Å². The van der Waals surface area contributed by atoms with Gasteiger partial charge in [0.05, 0.1) is 13.2 Å². The first-order valence-corrected chi connectivity index (χ1v) is 9.25. The van der Waals surface area contributed by atoms with Gasteiger partial charge >= 0.3 is 0 Å². The van der Waals surface area contributed by atoms with Gasteiger partial charge in [0.25, 0.3) is 0 Å². The SMILES string of the molecule is COc1ccc(CN(C(=O)C(C)C)[C@H](C)C(=O)NC[C@@H]2CCCO2)cc1. The van der Waals surface area contributed by atoms with E-state index in [0.717, 1.165) is 30.8 Å². The van der Waals surface area contributed by atoms with E-state index < -0.39 is 6.04 Å². The topological polar surface area (TPSA) is 67.9 Å². The van der Waals surface area contributed by atoms with Crippen molar-refractivity contribution in [3.63, 3.8) is 0 Å². The highest BCUT2D eigenvalue weighted by Crippen LogP contribution is 2.17. The number of carbonyl (C=O) groups excluding carboxylic acids is 2. The summed E-state index contributed by atoms with van der Waals surface area (Å²) in [7, 11) is 1.62.